The van der Waals surface area contributed by atoms with Gasteiger partial charge in [-0.15, -0.1) is 0 Å². The van der Waals surface area contributed by atoms with Gasteiger partial charge in [0.05, 0.1) is 0 Å². The highest BCUT2D eigenvalue weighted by molar-refractivity contribution is 5.80. The van der Waals surface area contributed by atoms with Gasteiger partial charge in [0.1, 0.15) is 6.10 Å². The summed E-state index contributed by atoms with van der Waals surface area (Å²) in [5.41, 5.74) is 0.356. The lowest BCUT2D eigenvalue weighted by Crippen LogP contribution is -2.34. The van der Waals surface area contributed by atoms with Gasteiger partial charge in [0.2, 0.25) is 5.91 Å². The fraction of sp³-hybridized carbons (Fsp3) is 0.917. The number of ether oxygens (including phenoxy) is 1. The molecule has 1 N–H and O–H groups in total. The van der Waals surface area contributed by atoms with Crippen molar-refractivity contribution in [1.82, 2.24) is 5.32 Å². The minimum Gasteiger partial charge on any atom is -0.368 e. The van der Waals surface area contributed by atoms with E-state index in [0.717, 1.165) is 38.8 Å². The van der Waals surface area contributed by atoms with Gasteiger partial charge in [-0.25, -0.2) is 0 Å². The first-order valence-electron chi connectivity index (χ1n) is 5.88. The molecule has 0 spiro atoms. The van der Waals surface area contributed by atoms with Crippen LogP contribution in [0.2, 0.25) is 0 Å². The van der Waals surface area contributed by atoms with Crippen LogP contribution in [0.3, 0.4) is 0 Å². The Balaban J connectivity index is 2.07. The van der Waals surface area contributed by atoms with Crippen molar-refractivity contribution >= 4 is 5.91 Å². The number of carbonyl (C=O) groups is 1. The molecular weight excluding hydrogens is 190 g/mol. The van der Waals surface area contributed by atoms with Crippen LogP contribution in [0.5, 0.6) is 0 Å². The Kier molecular flexibility index (Phi) is 4.58. The summed E-state index contributed by atoms with van der Waals surface area (Å²) >= 11 is 0. The Bertz CT molecular complexity index is 202. The number of hydrogen-bond donors (Lipinski definition) is 1. The molecule has 0 radical (unpaired) electrons. The first kappa shape index (κ1) is 12.5. The maximum atomic E-state index is 11.5. The van der Waals surface area contributed by atoms with Gasteiger partial charge in [0.15, 0.2) is 0 Å². The molecule has 1 amide bonds. The molecule has 0 bridgehead atoms. The van der Waals surface area contributed by atoms with Crippen molar-refractivity contribution in [3.05, 3.63) is 0 Å². The van der Waals surface area contributed by atoms with Crippen LogP contribution < -0.4 is 5.32 Å². The maximum absolute atomic E-state index is 11.5. The van der Waals surface area contributed by atoms with Crippen molar-refractivity contribution in [2.45, 2.75) is 52.6 Å². The van der Waals surface area contributed by atoms with Crippen LogP contribution in [0, 0.1) is 5.41 Å². The van der Waals surface area contributed by atoms with Crippen LogP contribution in [-0.2, 0) is 9.53 Å². The summed E-state index contributed by atoms with van der Waals surface area (Å²) in [6, 6.07) is 0. The highest BCUT2D eigenvalue weighted by atomic mass is 16.5. The Hall–Kier alpha value is -0.570. The summed E-state index contributed by atoms with van der Waals surface area (Å²) in [4.78, 5) is 11.5. The molecule has 0 saturated carbocycles. The Labute approximate surface area is 92.6 Å². The monoisotopic (exact) mass is 213 g/mol. The lowest BCUT2D eigenvalue weighted by atomic mass is 9.91. The number of nitrogens with one attached hydrogen (secondary N) is 1. The van der Waals surface area contributed by atoms with E-state index in [4.69, 9.17) is 4.74 Å². The first-order valence-corrected chi connectivity index (χ1v) is 5.88. The fourth-order valence-corrected chi connectivity index (χ4v) is 1.73. The summed E-state index contributed by atoms with van der Waals surface area (Å²) in [6.07, 6.45) is 3.89. The van der Waals surface area contributed by atoms with Gasteiger partial charge >= 0.3 is 0 Å². The molecule has 15 heavy (non-hydrogen) atoms. The van der Waals surface area contributed by atoms with Crippen molar-refractivity contribution in [3.8, 4) is 0 Å². The quantitative estimate of drug-likeness (QED) is 0.726. The van der Waals surface area contributed by atoms with E-state index in [1.54, 1.807) is 0 Å². The molecule has 3 heteroatoms. The van der Waals surface area contributed by atoms with Gasteiger partial charge in [-0.05, 0) is 31.1 Å². The Morgan fingerprint density at radius 2 is 2.20 bits per heavy atom. The third-order valence-electron chi connectivity index (χ3n) is 2.62. The van der Waals surface area contributed by atoms with E-state index in [0.29, 0.717) is 5.41 Å². The number of carbonyl (C=O) groups excluding carboxylic acids is 1. The van der Waals surface area contributed by atoms with Crippen LogP contribution in [0.4, 0.5) is 0 Å². The van der Waals surface area contributed by atoms with Crippen molar-refractivity contribution in [2.75, 3.05) is 13.2 Å². The average molecular weight is 213 g/mol. The summed E-state index contributed by atoms with van der Waals surface area (Å²) in [7, 11) is 0. The van der Waals surface area contributed by atoms with Crippen LogP contribution in [0.15, 0.2) is 0 Å². The predicted octanol–water partition coefficient (Wildman–Crippen LogP) is 2.11. The number of hydrogen-bond acceptors (Lipinski definition) is 2. The third kappa shape index (κ3) is 5.17. The second kappa shape index (κ2) is 5.50. The zero-order valence-corrected chi connectivity index (χ0v) is 10.1. The lowest BCUT2D eigenvalue weighted by molar-refractivity contribution is -0.130. The molecular formula is C12H23NO2. The molecule has 88 valence electrons. The normalized spacial score (nSPS) is 21.7. The minimum atomic E-state index is -0.181. The smallest absolute Gasteiger partial charge is 0.249 e. The topological polar surface area (TPSA) is 38.3 Å². The standard InChI is InChI=1S/C12H23NO2/c1-12(2,3)7-5-8-13-11(14)10-6-4-9-15-10/h10H,4-9H2,1-3H3,(H,13,14). The van der Waals surface area contributed by atoms with Gasteiger partial charge in [-0.1, -0.05) is 20.8 Å². The zero-order valence-electron chi connectivity index (χ0n) is 10.1. The van der Waals surface area contributed by atoms with Gasteiger partial charge < -0.3 is 10.1 Å². The molecule has 0 aromatic rings. The molecule has 0 aliphatic carbocycles. The van der Waals surface area contributed by atoms with Crippen molar-refractivity contribution in [3.63, 3.8) is 0 Å². The summed E-state index contributed by atoms with van der Waals surface area (Å²) < 4.78 is 5.30. The SMILES string of the molecule is CC(C)(C)CCCNC(=O)C1CCCO1. The predicted molar refractivity (Wildman–Crippen MR) is 60.7 cm³/mol. The van der Waals surface area contributed by atoms with E-state index < -0.39 is 0 Å². The van der Waals surface area contributed by atoms with E-state index in [-0.39, 0.29) is 12.0 Å². The molecule has 1 heterocycles. The summed E-state index contributed by atoms with van der Waals surface area (Å²) in [5, 5.41) is 2.93. The van der Waals surface area contributed by atoms with E-state index in [1.807, 2.05) is 0 Å². The van der Waals surface area contributed by atoms with E-state index in [2.05, 4.69) is 26.1 Å². The summed E-state index contributed by atoms with van der Waals surface area (Å²) in [6.45, 7) is 8.16. The zero-order chi connectivity index (χ0) is 11.3. The van der Waals surface area contributed by atoms with Gasteiger partial charge in [0, 0.05) is 13.2 Å². The largest absolute Gasteiger partial charge is 0.368 e. The molecule has 1 saturated heterocycles. The highest BCUT2D eigenvalue weighted by Crippen LogP contribution is 2.19. The molecule has 3 nitrogen and oxygen atoms in total. The van der Waals surface area contributed by atoms with Gasteiger partial charge in [-0.3, -0.25) is 4.79 Å². The van der Waals surface area contributed by atoms with E-state index in [1.165, 1.54) is 0 Å². The van der Waals surface area contributed by atoms with E-state index in [9.17, 15) is 4.79 Å². The Morgan fingerprint density at radius 1 is 1.47 bits per heavy atom. The van der Waals surface area contributed by atoms with Crippen molar-refractivity contribution in [2.24, 2.45) is 5.41 Å². The Morgan fingerprint density at radius 3 is 2.73 bits per heavy atom. The number of amides is 1. The molecule has 0 aromatic heterocycles. The number of rotatable bonds is 4. The highest BCUT2D eigenvalue weighted by Gasteiger charge is 2.22. The molecule has 1 aliphatic rings. The minimum absolute atomic E-state index is 0.0707. The van der Waals surface area contributed by atoms with Crippen LogP contribution >= 0.6 is 0 Å². The second-order valence-electron chi connectivity index (χ2n) is 5.46. The molecule has 1 atom stereocenters. The fourth-order valence-electron chi connectivity index (χ4n) is 1.73. The summed E-state index contributed by atoms with van der Waals surface area (Å²) in [5.74, 6) is 0.0707. The van der Waals surface area contributed by atoms with Crippen LogP contribution in [0.25, 0.3) is 0 Å². The van der Waals surface area contributed by atoms with Gasteiger partial charge in [-0.2, -0.15) is 0 Å². The molecule has 1 fully saturated rings. The maximum Gasteiger partial charge on any atom is 0.249 e. The molecule has 1 rings (SSSR count). The third-order valence-corrected chi connectivity index (χ3v) is 2.62. The van der Waals surface area contributed by atoms with Crippen molar-refractivity contribution < 1.29 is 9.53 Å². The molecule has 0 aromatic carbocycles. The molecule has 1 aliphatic heterocycles. The second-order valence-corrected chi connectivity index (χ2v) is 5.46. The van der Waals surface area contributed by atoms with E-state index >= 15 is 0 Å². The first-order chi connectivity index (χ1) is 6.99. The lowest BCUT2D eigenvalue weighted by Gasteiger charge is -2.18. The van der Waals surface area contributed by atoms with Gasteiger partial charge in [0.25, 0.3) is 0 Å². The average Bonchev–Trinajstić information content (AvgIpc) is 2.63. The van der Waals surface area contributed by atoms with Crippen LogP contribution in [-0.4, -0.2) is 25.2 Å². The molecule has 1 unspecified atom stereocenters. The van der Waals surface area contributed by atoms with Crippen molar-refractivity contribution in [1.29, 1.82) is 0 Å². The van der Waals surface area contributed by atoms with Crippen LogP contribution in [0.1, 0.15) is 46.5 Å².